The first kappa shape index (κ1) is 13.0. The van der Waals surface area contributed by atoms with Crippen LogP contribution in [0.5, 0.6) is 0 Å². The van der Waals surface area contributed by atoms with Gasteiger partial charge in [0.05, 0.1) is 6.04 Å². The van der Waals surface area contributed by atoms with E-state index in [1.165, 1.54) is 23.3 Å². The van der Waals surface area contributed by atoms with E-state index in [9.17, 15) is 4.79 Å². The van der Waals surface area contributed by atoms with Crippen molar-refractivity contribution < 1.29 is 4.79 Å². The molecule has 2 amide bonds. The van der Waals surface area contributed by atoms with Crippen LogP contribution in [0.4, 0.5) is 16.2 Å². The van der Waals surface area contributed by atoms with Crippen LogP contribution in [0.15, 0.2) is 35.7 Å². The summed E-state index contributed by atoms with van der Waals surface area (Å²) in [5.41, 5.74) is 8.26. The number of fused-ring (bicyclic) bond motifs is 1. The Labute approximate surface area is 122 Å². The summed E-state index contributed by atoms with van der Waals surface area (Å²) in [5.74, 6) is 0. The van der Waals surface area contributed by atoms with Gasteiger partial charge in [0, 0.05) is 16.3 Å². The predicted octanol–water partition coefficient (Wildman–Crippen LogP) is 3.73. The Kier molecular flexibility index (Phi) is 3.60. The quantitative estimate of drug-likeness (QED) is 0.805. The van der Waals surface area contributed by atoms with E-state index in [0.717, 1.165) is 12.1 Å². The summed E-state index contributed by atoms with van der Waals surface area (Å²) in [5, 5.41) is 8.31. The third-order valence-corrected chi connectivity index (χ3v) is 4.52. The van der Waals surface area contributed by atoms with Gasteiger partial charge in [0.25, 0.3) is 0 Å². The lowest BCUT2D eigenvalue weighted by Crippen LogP contribution is -2.19. The van der Waals surface area contributed by atoms with Gasteiger partial charge in [-0.3, -0.25) is 0 Å². The first-order valence-electron chi connectivity index (χ1n) is 6.72. The highest BCUT2D eigenvalue weighted by Crippen LogP contribution is 2.35. The van der Waals surface area contributed by atoms with Gasteiger partial charge >= 0.3 is 6.03 Å². The van der Waals surface area contributed by atoms with Crippen molar-refractivity contribution in [2.24, 2.45) is 5.73 Å². The molecule has 0 bridgehead atoms. The molecule has 104 valence electrons. The summed E-state index contributed by atoms with van der Waals surface area (Å²) in [7, 11) is 0. The van der Waals surface area contributed by atoms with Crippen molar-refractivity contribution >= 4 is 28.7 Å². The summed E-state index contributed by atoms with van der Waals surface area (Å²) < 4.78 is 0. The van der Waals surface area contributed by atoms with Crippen molar-refractivity contribution in [3.8, 4) is 0 Å². The smallest absolute Gasteiger partial charge is 0.316 e. The third-order valence-electron chi connectivity index (χ3n) is 3.52. The van der Waals surface area contributed by atoms with Gasteiger partial charge in [-0.25, -0.2) is 4.79 Å². The second-order valence-electron chi connectivity index (χ2n) is 4.96. The van der Waals surface area contributed by atoms with Gasteiger partial charge in [-0.1, -0.05) is 6.07 Å². The first-order chi connectivity index (χ1) is 9.72. The number of primary amides is 1. The van der Waals surface area contributed by atoms with Crippen molar-refractivity contribution in [3.63, 3.8) is 0 Å². The fourth-order valence-corrected chi connectivity index (χ4v) is 3.65. The highest BCUT2D eigenvalue weighted by molar-refractivity contribution is 7.10. The monoisotopic (exact) mass is 287 g/mol. The van der Waals surface area contributed by atoms with E-state index in [-0.39, 0.29) is 0 Å². The van der Waals surface area contributed by atoms with Gasteiger partial charge in [0.1, 0.15) is 0 Å². The Morgan fingerprint density at radius 2 is 2.15 bits per heavy atom. The Balaban J connectivity index is 1.77. The van der Waals surface area contributed by atoms with Gasteiger partial charge in [-0.05, 0) is 54.5 Å². The summed E-state index contributed by atoms with van der Waals surface area (Å²) in [4.78, 5) is 12.4. The van der Waals surface area contributed by atoms with E-state index < -0.39 is 6.03 Å². The van der Waals surface area contributed by atoms with Crippen LogP contribution in [0, 0.1) is 0 Å². The van der Waals surface area contributed by atoms with E-state index in [2.05, 4.69) is 22.1 Å². The van der Waals surface area contributed by atoms with Gasteiger partial charge < -0.3 is 16.4 Å². The molecule has 1 aromatic carbocycles. The third kappa shape index (κ3) is 2.77. The highest BCUT2D eigenvalue weighted by atomic mass is 32.1. The number of hydrogen-bond acceptors (Lipinski definition) is 3. The molecule has 0 fully saturated rings. The fourth-order valence-electron chi connectivity index (χ4n) is 2.67. The molecule has 3 rings (SSSR count). The number of amides is 2. The molecule has 1 unspecified atom stereocenters. The average molecular weight is 287 g/mol. The minimum absolute atomic E-state index is 0.355. The molecule has 1 aromatic heterocycles. The molecule has 4 nitrogen and oxygen atoms in total. The van der Waals surface area contributed by atoms with Crippen LogP contribution in [-0.2, 0) is 6.42 Å². The number of aryl methyl sites for hydroxylation is 1. The molecule has 0 saturated heterocycles. The number of carbonyl (C=O) groups is 1. The summed E-state index contributed by atoms with van der Waals surface area (Å²) >= 11 is 1.84. The number of hydrogen-bond donors (Lipinski definition) is 3. The Hall–Kier alpha value is -2.01. The first-order valence-corrected chi connectivity index (χ1v) is 7.59. The van der Waals surface area contributed by atoms with E-state index in [1.807, 2.05) is 35.6 Å². The van der Waals surface area contributed by atoms with Crippen LogP contribution in [0.25, 0.3) is 0 Å². The molecule has 0 spiro atoms. The number of carbonyl (C=O) groups excluding carboxylic acids is 1. The lowest BCUT2D eigenvalue weighted by molar-refractivity contribution is 0.259. The molecule has 2 aromatic rings. The van der Waals surface area contributed by atoms with Crippen LogP contribution >= 0.6 is 11.3 Å². The molecular formula is C15H17N3OS. The van der Waals surface area contributed by atoms with Gasteiger partial charge in [-0.15, -0.1) is 11.3 Å². The maximum atomic E-state index is 10.9. The molecule has 0 radical (unpaired) electrons. The maximum absolute atomic E-state index is 10.9. The Bertz CT molecular complexity index is 623. The van der Waals surface area contributed by atoms with Crippen molar-refractivity contribution in [3.05, 3.63) is 46.2 Å². The zero-order valence-corrected chi connectivity index (χ0v) is 11.9. The lowest BCUT2D eigenvalue weighted by atomic mass is 9.94. The number of anilines is 2. The molecule has 1 heterocycles. The molecule has 1 atom stereocenters. The van der Waals surface area contributed by atoms with Crippen molar-refractivity contribution in [2.75, 3.05) is 10.6 Å². The lowest BCUT2D eigenvalue weighted by Gasteiger charge is -2.25. The Morgan fingerprint density at radius 3 is 3.00 bits per heavy atom. The van der Waals surface area contributed by atoms with Crippen LogP contribution < -0.4 is 16.4 Å². The second-order valence-corrected chi connectivity index (χ2v) is 5.96. The fraction of sp³-hybridized carbons (Fsp3) is 0.267. The van der Waals surface area contributed by atoms with Crippen LogP contribution in [0.1, 0.15) is 29.3 Å². The van der Waals surface area contributed by atoms with Crippen molar-refractivity contribution in [2.45, 2.75) is 25.3 Å². The van der Waals surface area contributed by atoms with Crippen molar-refractivity contribution in [1.82, 2.24) is 0 Å². The number of nitrogens with one attached hydrogen (secondary N) is 2. The minimum Gasteiger partial charge on any atom is -0.378 e. The average Bonchev–Trinajstić information content (AvgIpc) is 2.88. The molecule has 20 heavy (non-hydrogen) atoms. The van der Waals surface area contributed by atoms with E-state index in [4.69, 9.17) is 5.73 Å². The number of nitrogens with two attached hydrogens (primary N) is 1. The minimum atomic E-state index is -0.542. The summed E-state index contributed by atoms with van der Waals surface area (Å²) in [6.07, 6.45) is 3.54. The van der Waals surface area contributed by atoms with Crippen molar-refractivity contribution in [1.29, 1.82) is 0 Å². The summed E-state index contributed by atoms with van der Waals surface area (Å²) in [6.45, 7) is 0. The van der Waals surface area contributed by atoms with E-state index >= 15 is 0 Å². The topological polar surface area (TPSA) is 67.2 Å². The zero-order chi connectivity index (χ0) is 13.9. The van der Waals surface area contributed by atoms with Gasteiger partial charge in [0.2, 0.25) is 0 Å². The molecular weight excluding hydrogens is 270 g/mol. The number of benzene rings is 1. The maximum Gasteiger partial charge on any atom is 0.316 e. The molecule has 5 heteroatoms. The van der Waals surface area contributed by atoms with Crippen LogP contribution in [-0.4, -0.2) is 6.03 Å². The van der Waals surface area contributed by atoms with Gasteiger partial charge in [0.15, 0.2) is 0 Å². The number of thiophene rings is 1. The largest absolute Gasteiger partial charge is 0.378 e. The summed E-state index contributed by atoms with van der Waals surface area (Å²) in [6, 6.07) is 9.67. The second kappa shape index (κ2) is 5.54. The Morgan fingerprint density at radius 1 is 1.30 bits per heavy atom. The van der Waals surface area contributed by atoms with Crippen LogP contribution in [0.2, 0.25) is 0 Å². The van der Waals surface area contributed by atoms with Crippen LogP contribution in [0.3, 0.4) is 0 Å². The zero-order valence-electron chi connectivity index (χ0n) is 11.1. The standard InChI is InChI=1S/C15H17N3OS/c16-15(19)18-11-4-1-3-10(9-11)17-13-5-2-6-14-12(13)7-8-20-14/h1,3-4,7-9,13,17H,2,5-6H2,(H3,16,18,19). The van der Waals surface area contributed by atoms with E-state index in [1.54, 1.807) is 0 Å². The highest BCUT2D eigenvalue weighted by Gasteiger charge is 2.20. The van der Waals surface area contributed by atoms with E-state index in [0.29, 0.717) is 11.7 Å². The normalized spacial score (nSPS) is 17.3. The molecule has 4 N–H and O–H groups in total. The SMILES string of the molecule is NC(=O)Nc1cccc(NC2CCCc3sccc32)c1. The number of rotatable bonds is 3. The molecule has 1 aliphatic carbocycles. The molecule has 0 aliphatic heterocycles. The number of urea groups is 1. The molecule has 1 aliphatic rings. The molecule has 0 saturated carbocycles. The predicted molar refractivity (Wildman–Crippen MR) is 83.3 cm³/mol. The van der Waals surface area contributed by atoms with Gasteiger partial charge in [-0.2, -0.15) is 0 Å².